The smallest absolute Gasteiger partial charge is 0.311 e. The number of carboxylic acid groups (broad SMARTS) is 1. The summed E-state index contributed by atoms with van der Waals surface area (Å²) in [5.41, 5.74) is -0.963. The largest absolute Gasteiger partial charge is 0.481 e. The normalized spacial score (nSPS) is 23.5. The molecule has 1 fully saturated rings. The number of carbonyl (C=O) groups is 1. The van der Waals surface area contributed by atoms with E-state index in [2.05, 4.69) is 4.98 Å². The van der Waals surface area contributed by atoms with Crippen LogP contribution in [0, 0.1) is 5.41 Å². The van der Waals surface area contributed by atoms with Gasteiger partial charge in [0.05, 0.1) is 11.7 Å². The fourth-order valence-electron chi connectivity index (χ4n) is 2.78. The Morgan fingerprint density at radius 2 is 2.19 bits per heavy atom. The molecule has 0 amide bonds. The molecule has 0 bridgehead atoms. The Morgan fingerprint density at radius 3 is 2.71 bits per heavy atom. The van der Waals surface area contributed by atoms with E-state index >= 15 is 0 Å². The Balaban J connectivity index is 2.25. The molecule has 1 aliphatic rings. The van der Waals surface area contributed by atoms with Crippen molar-refractivity contribution in [1.29, 1.82) is 0 Å². The molecule has 0 saturated carbocycles. The first-order valence-electron chi connectivity index (χ1n) is 7.11. The van der Waals surface area contributed by atoms with Crippen LogP contribution in [0.1, 0.15) is 33.1 Å². The number of carboxylic acids is 1. The molecule has 1 atom stereocenters. The van der Waals surface area contributed by atoms with Gasteiger partial charge in [0.2, 0.25) is 0 Å². The lowest BCUT2D eigenvalue weighted by molar-refractivity contribution is -0.148. The summed E-state index contributed by atoms with van der Waals surface area (Å²) in [4.78, 5) is 15.5. The van der Waals surface area contributed by atoms with Crippen molar-refractivity contribution < 1.29 is 18.3 Å². The molecule has 8 heteroatoms. The van der Waals surface area contributed by atoms with Crippen LogP contribution in [0.5, 0.6) is 0 Å². The second-order valence-electron chi connectivity index (χ2n) is 5.47. The molecule has 2 rings (SSSR count). The van der Waals surface area contributed by atoms with Crippen LogP contribution >= 0.6 is 0 Å². The summed E-state index contributed by atoms with van der Waals surface area (Å²) < 4.78 is 28.0. The molecule has 0 radical (unpaired) electrons. The van der Waals surface area contributed by atoms with Gasteiger partial charge in [-0.2, -0.15) is 4.31 Å². The molecule has 1 aliphatic heterocycles. The molecule has 1 saturated heterocycles. The van der Waals surface area contributed by atoms with Crippen LogP contribution < -0.4 is 0 Å². The molecule has 7 nitrogen and oxygen atoms in total. The standard InChI is InChI=1S/C13H21N3O4S/c1-3-5-13(12(17)18)6-7-16(9-13)21(19,20)11-8-15(4-2)10-14-11/h8,10H,3-7,9H2,1-2H3,(H,17,18). The Bertz CT molecular complexity index is 625. The summed E-state index contributed by atoms with van der Waals surface area (Å²) >= 11 is 0. The first kappa shape index (κ1) is 16.0. The minimum atomic E-state index is -3.71. The van der Waals surface area contributed by atoms with Gasteiger partial charge in [-0.25, -0.2) is 13.4 Å². The maximum absolute atomic E-state index is 12.5. The molecule has 21 heavy (non-hydrogen) atoms. The molecule has 0 spiro atoms. The molecular weight excluding hydrogens is 294 g/mol. The van der Waals surface area contributed by atoms with Gasteiger partial charge >= 0.3 is 5.97 Å². The lowest BCUT2D eigenvalue weighted by Gasteiger charge is -2.23. The van der Waals surface area contributed by atoms with E-state index < -0.39 is 21.4 Å². The van der Waals surface area contributed by atoms with Crippen LogP contribution in [0.15, 0.2) is 17.6 Å². The molecule has 0 aromatic carbocycles. The maximum Gasteiger partial charge on any atom is 0.311 e. The minimum absolute atomic E-state index is 0.0120. The molecule has 1 N–H and O–H groups in total. The highest BCUT2D eigenvalue weighted by atomic mass is 32.2. The topological polar surface area (TPSA) is 92.5 Å². The highest BCUT2D eigenvalue weighted by Gasteiger charge is 2.48. The molecule has 1 aromatic heterocycles. The third kappa shape index (κ3) is 2.82. The summed E-state index contributed by atoms with van der Waals surface area (Å²) in [5, 5.41) is 9.44. The second kappa shape index (κ2) is 5.76. The van der Waals surface area contributed by atoms with Crippen molar-refractivity contribution in [2.45, 2.75) is 44.7 Å². The number of aliphatic carboxylic acids is 1. The van der Waals surface area contributed by atoms with E-state index in [4.69, 9.17) is 0 Å². The second-order valence-corrected chi connectivity index (χ2v) is 7.35. The van der Waals surface area contributed by atoms with E-state index in [1.54, 1.807) is 4.57 Å². The van der Waals surface area contributed by atoms with E-state index in [1.807, 2.05) is 13.8 Å². The van der Waals surface area contributed by atoms with Gasteiger partial charge in [-0.05, 0) is 19.8 Å². The Hall–Kier alpha value is -1.41. The van der Waals surface area contributed by atoms with Crippen molar-refractivity contribution in [3.63, 3.8) is 0 Å². The highest BCUT2D eigenvalue weighted by Crippen LogP contribution is 2.37. The third-order valence-corrected chi connectivity index (χ3v) is 5.81. The van der Waals surface area contributed by atoms with Crippen LogP contribution in [0.2, 0.25) is 0 Å². The Labute approximate surface area is 124 Å². The Kier molecular flexibility index (Phi) is 4.38. The van der Waals surface area contributed by atoms with Crippen molar-refractivity contribution in [3.05, 3.63) is 12.5 Å². The fourth-order valence-corrected chi connectivity index (χ4v) is 4.24. The van der Waals surface area contributed by atoms with Crippen LogP contribution in [0.25, 0.3) is 0 Å². The van der Waals surface area contributed by atoms with Crippen molar-refractivity contribution >= 4 is 16.0 Å². The monoisotopic (exact) mass is 315 g/mol. The summed E-state index contributed by atoms with van der Waals surface area (Å²) in [5.74, 6) is -0.916. The first-order chi connectivity index (χ1) is 9.85. The van der Waals surface area contributed by atoms with Crippen LogP contribution in [-0.4, -0.2) is 46.4 Å². The van der Waals surface area contributed by atoms with E-state index in [-0.39, 0.29) is 18.1 Å². The van der Waals surface area contributed by atoms with Crippen molar-refractivity contribution in [2.24, 2.45) is 5.41 Å². The molecule has 1 unspecified atom stereocenters. The van der Waals surface area contributed by atoms with Gasteiger partial charge in [-0.15, -0.1) is 0 Å². The minimum Gasteiger partial charge on any atom is -0.481 e. The van der Waals surface area contributed by atoms with Gasteiger partial charge < -0.3 is 9.67 Å². The van der Waals surface area contributed by atoms with Gasteiger partial charge in [0.1, 0.15) is 0 Å². The van der Waals surface area contributed by atoms with Gasteiger partial charge in [-0.3, -0.25) is 4.79 Å². The maximum atomic E-state index is 12.5. The van der Waals surface area contributed by atoms with Crippen molar-refractivity contribution in [3.8, 4) is 0 Å². The van der Waals surface area contributed by atoms with E-state index in [0.717, 1.165) is 0 Å². The lowest BCUT2D eigenvalue weighted by atomic mass is 9.83. The van der Waals surface area contributed by atoms with Gasteiger partial charge in [0.15, 0.2) is 5.03 Å². The number of aryl methyl sites for hydroxylation is 1. The molecular formula is C13H21N3O4S. The van der Waals surface area contributed by atoms with Gasteiger partial charge in [0.25, 0.3) is 10.0 Å². The van der Waals surface area contributed by atoms with Crippen LogP contribution in [-0.2, 0) is 21.4 Å². The quantitative estimate of drug-likeness (QED) is 0.850. The number of nitrogens with zero attached hydrogens (tertiary/aromatic N) is 3. The summed E-state index contributed by atoms with van der Waals surface area (Å²) in [7, 11) is -3.71. The molecule has 118 valence electrons. The highest BCUT2D eigenvalue weighted by molar-refractivity contribution is 7.89. The number of hydrogen-bond donors (Lipinski definition) is 1. The van der Waals surface area contributed by atoms with Gasteiger partial charge in [0, 0.05) is 25.8 Å². The van der Waals surface area contributed by atoms with E-state index in [9.17, 15) is 18.3 Å². The lowest BCUT2D eigenvalue weighted by Crippen LogP contribution is -2.37. The number of rotatable bonds is 6. The fraction of sp³-hybridized carbons (Fsp3) is 0.692. The first-order valence-corrected chi connectivity index (χ1v) is 8.55. The van der Waals surface area contributed by atoms with E-state index in [1.165, 1.54) is 16.8 Å². The molecule has 1 aromatic rings. The van der Waals surface area contributed by atoms with Crippen LogP contribution in [0.4, 0.5) is 0 Å². The number of hydrogen-bond acceptors (Lipinski definition) is 4. The zero-order chi connectivity index (χ0) is 15.7. The van der Waals surface area contributed by atoms with E-state index in [0.29, 0.717) is 25.8 Å². The predicted molar refractivity (Wildman–Crippen MR) is 76.3 cm³/mol. The summed E-state index contributed by atoms with van der Waals surface area (Å²) in [6, 6.07) is 0. The zero-order valence-corrected chi connectivity index (χ0v) is 13.1. The zero-order valence-electron chi connectivity index (χ0n) is 12.3. The van der Waals surface area contributed by atoms with Crippen LogP contribution in [0.3, 0.4) is 0 Å². The van der Waals surface area contributed by atoms with Gasteiger partial charge in [-0.1, -0.05) is 13.3 Å². The van der Waals surface area contributed by atoms with Crippen molar-refractivity contribution in [1.82, 2.24) is 13.9 Å². The average molecular weight is 315 g/mol. The SMILES string of the molecule is CCCC1(C(=O)O)CCN(S(=O)(=O)c2cn(CC)cn2)C1. The summed E-state index contributed by atoms with van der Waals surface area (Å²) in [6.45, 7) is 4.69. The molecule has 2 heterocycles. The number of aromatic nitrogens is 2. The predicted octanol–water partition coefficient (Wildman–Crippen LogP) is 1.17. The average Bonchev–Trinajstić information content (AvgIpc) is 3.06. The summed E-state index contributed by atoms with van der Waals surface area (Å²) in [6.07, 6.45) is 4.50. The number of imidazole rings is 1. The van der Waals surface area contributed by atoms with Crippen molar-refractivity contribution in [2.75, 3.05) is 13.1 Å². The number of sulfonamides is 1. The Morgan fingerprint density at radius 1 is 1.48 bits per heavy atom. The molecule has 0 aliphatic carbocycles. The third-order valence-electron chi connectivity index (χ3n) is 4.08.